The molecule has 3 aromatic rings. The van der Waals surface area contributed by atoms with Crippen LogP contribution in [0.15, 0.2) is 53.4 Å². The van der Waals surface area contributed by atoms with E-state index in [-0.39, 0.29) is 18.2 Å². The van der Waals surface area contributed by atoms with Gasteiger partial charge in [0.25, 0.3) is 0 Å². The largest absolute Gasteiger partial charge is 0.593 e. The molecule has 30 heavy (non-hydrogen) atoms. The lowest BCUT2D eigenvalue weighted by molar-refractivity contribution is 0.337. The first-order valence-corrected chi connectivity index (χ1v) is 11.5. The number of phenolic OH excluding ortho intramolecular Hbond substituents is 1. The van der Waals surface area contributed by atoms with E-state index >= 15 is 0 Å². The summed E-state index contributed by atoms with van der Waals surface area (Å²) in [5.74, 6) is 1.07. The van der Waals surface area contributed by atoms with Crippen LogP contribution in [0.5, 0.6) is 5.75 Å². The number of hydrogen-bond donors (Lipinski definition) is 1. The van der Waals surface area contributed by atoms with E-state index < -0.39 is 10.4 Å². The minimum Gasteiger partial charge on any atom is -0.593 e. The molecule has 0 amide bonds. The number of aromatic nitrogens is 2. The second-order valence-electron chi connectivity index (χ2n) is 7.96. The summed E-state index contributed by atoms with van der Waals surface area (Å²) in [4.78, 5) is 9.80. The van der Waals surface area contributed by atoms with Crippen LogP contribution < -0.4 is 0 Å². The minimum absolute atomic E-state index is 0.153. The van der Waals surface area contributed by atoms with Crippen LogP contribution in [0.25, 0.3) is 11.3 Å². The second kappa shape index (κ2) is 7.91. The zero-order chi connectivity index (χ0) is 21.5. The second-order valence-corrected chi connectivity index (χ2v) is 9.90. The van der Waals surface area contributed by atoms with Crippen LogP contribution in [0.4, 0.5) is 0 Å². The fourth-order valence-corrected chi connectivity index (χ4v) is 5.00. The van der Waals surface area contributed by atoms with Crippen LogP contribution in [0.2, 0.25) is 0 Å². The van der Waals surface area contributed by atoms with Gasteiger partial charge in [0.05, 0.1) is 24.5 Å². The first-order chi connectivity index (χ1) is 14.3. The van der Waals surface area contributed by atoms with Gasteiger partial charge < -0.3 is 9.66 Å². The molecule has 0 aliphatic carbocycles. The molecule has 2 aromatic carbocycles. The highest BCUT2D eigenvalue weighted by molar-refractivity contribution is 7.95. The zero-order valence-corrected chi connectivity index (χ0v) is 18.1. The molecule has 0 radical (unpaired) electrons. The minimum atomic E-state index is -3.62. The summed E-state index contributed by atoms with van der Waals surface area (Å²) in [6.07, 6.45) is 0.535. The van der Waals surface area contributed by atoms with Crippen molar-refractivity contribution in [1.29, 1.82) is 0 Å². The van der Waals surface area contributed by atoms with Gasteiger partial charge in [-0.1, -0.05) is 35.8 Å². The van der Waals surface area contributed by atoms with Crippen molar-refractivity contribution in [1.82, 2.24) is 14.3 Å². The summed E-state index contributed by atoms with van der Waals surface area (Å²) >= 11 is 0. The highest BCUT2D eigenvalue weighted by Gasteiger charge is 2.35. The number of hydrogen-bond acceptors (Lipinski definition) is 5. The molecule has 1 aliphatic rings. The third-order valence-electron chi connectivity index (χ3n) is 5.36. The molecule has 1 unspecified atom stereocenters. The molecule has 0 bridgehead atoms. The van der Waals surface area contributed by atoms with Crippen molar-refractivity contribution in [3.8, 4) is 17.0 Å². The van der Waals surface area contributed by atoms with Gasteiger partial charge in [-0.15, -0.1) is 4.31 Å². The highest BCUT2D eigenvalue weighted by atomic mass is 32.3. The van der Waals surface area contributed by atoms with E-state index in [0.717, 1.165) is 33.9 Å². The monoisotopic (exact) mass is 423 g/mol. The lowest BCUT2D eigenvalue weighted by Gasteiger charge is -2.32. The van der Waals surface area contributed by atoms with E-state index in [1.165, 1.54) is 4.31 Å². The molecule has 0 fully saturated rings. The Morgan fingerprint density at radius 1 is 1.07 bits per heavy atom. The van der Waals surface area contributed by atoms with Gasteiger partial charge in [-0.2, -0.15) is 0 Å². The van der Waals surface area contributed by atoms with E-state index in [1.807, 2.05) is 32.9 Å². The normalized spacial score (nSPS) is 16.3. The molecular formula is C23H25N3O3S. The molecule has 2 heterocycles. The predicted octanol–water partition coefficient (Wildman–Crippen LogP) is 4.24. The van der Waals surface area contributed by atoms with Gasteiger partial charge in [-0.25, -0.2) is 9.97 Å². The summed E-state index contributed by atoms with van der Waals surface area (Å²) in [6.45, 7) is 6.62. The predicted molar refractivity (Wildman–Crippen MR) is 116 cm³/mol. The molecule has 156 valence electrons. The number of phenols is 1. The number of nitrogens with zero attached hydrogens (tertiary/aromatic N) is 3. The molecular weight excluding hydrogens is 398 g/mol. The van der Waals surface area contributed by atoms with Crippen LogP contribution in [-0.2, 0) is 27.6 Å². The summed E-state index contributed by atoms with van der Waals surface area (Å²) in [5.41, 5.74) is 4.30. The van der Waals surface area contributed by atoms with Gasteiger partial charge in [0.15, 0.2) is 15.3 Å². The maximum absolute atomic E-state index is 13.2. The van der Waals surface area contributed by atoms with Crippen molar-refractivity contribution in [2.75, 3.05) is 6.54 Å². The van der Waals surface area contributed by atoms with Crippen molar-refractivity contribution in [3.63, 3.8) is 0 Å². The fourth-order valence-electron chi connectivity index (χ4n) is 3.59. The van der Waals surface area contributed by atoms with E-state index in [4.69, 9.17) is 9.97 Å². The summed E-state index contributed by atoms with van der Waals surface area (Å²) < 4.78 is 28.0. The quantitative estimate of drug-likeness (QED) is 0.634. The van der Waals surface area contributed by atoms with Crippen molar-refractivity contribution in [3.05, 3.63) is 71.2 Å². The van der Waals surface area contributed by atoms with Crippen LogP contribution in [0, 0.1) is 6.92 Å². The maximum Gasteiger partial charge on any atom is 0.175 e. The SMILES string of the molecule is Cc1ccc([S+](=O)([O-])N2CCc3nc(C(C)C)nc(-c4ccc(O)cc4)c3C2)cc1. The van der Waals surface area contributed by atoms with E-state index in [2.05, 4.69) is 0 Å². The van der Waals surface area contributed by atoms with Gasteiger partial charge >= 0.3 is 0 Å². The zero-order valence-electron chi connectivity index (χ0n) is 17.3. The number of fused-ring (bicyclic) bond motifs is 1. The van der Waals surface area contributed by atoms with Crippen molar-refractivity contribution in [2.45, 2.75) is 44.6 Å². The third kappa shape index (κ3) is 3.88. The molecule has 1 aromatic heterocycles. The van der Waals surface area contributed by atoms with Gasteiger partial charge in [-0.05, 0) is 43.3 Å². The van der Waals surface area contributed by atoms with Crippen molar-refractivity contribution in [2.24, 2.45) is 0 Å². The topological polar surface area (TPSA) is 89.4 Å². The molecule has 0 saturated carbocycles. The Morgan fingerprint density at radius 3 is 2.37 bits per heavy atom. The Labute approximate surface area is 178 Å². The highest BCUT2D eigenvalue weighted by Crippen LogP contribution is 2.34. The Hall–Kier alpha value is -2.61. The average Bonchev–Trinajstić information content (AvgIpc) is 2.73. The smallest absolute Gasteiger partial charge is 0.175 e. The first kappa shape index (κ1) is 20.7. The number of sulfonamides is 1. The number of aromatic hydroxyl groups is 1. The average molecular weight is 424 g/mol. The van der Waals surface area contributed by atoms with Crippen molar-refractivity contribution >= 4 is 10.4 Å². The Bertz CT molecular complexity index is 1110. The summed E-state index contributed by atoms with van der Waals surface area (Å²) in [6, 6.07) is 13.8. The Morgan fingerprint density at radius 2 is 1.73 bits per heavy atom. The lowest BCUT2D eigenvalue weighted by Crippen LogP contribution is -2.41. The third-order valence-corrected chi connectivity index (χ3v) is 7.22. The standard InChI is InChI=1S/C23H25N3O3S/c1-15(2)23-24-21-12-13-26(30(28,29)19-10-4-16(3)5-11-19)14-20(21)22(25-23)17-6-8-18(27)9-7-17/h4-11,15H,12-14H2,1-3H3,(H-,24,25,27,28,29). The molecule has 0 saturated heterocycles. The van der Waals surface area contributed by atoms with Crippen LogP contribution in [0.1, 0.15) is 42.4 Å². The van der Waals surface area contributed by atoms with Gasteiger partial charge in [0.2, 0.25) is 0 Å². The molecule has 1 N–H and O–H groups in total. The van der Waals surface area contributed by atoms with Crippen LogP contribution in [0.3, 0.4) is 0 Å². The lowest BCUT2D eigenvalue weighted by atomic mass is 9.99. The molecule has 0 spiro atoms. The molecule has 1 atom stereocenters. The molecule has 4 rings (SSSR count). The van der Waals surface area contributed by atoms with Gasteiger partial charge in [0.1, 0.15) is 11.6 Å². The molecule has 7 heteroatoms. The van der Waals surface area contributed by atoms with Gasteiger partial charge in [-0.3, -0.25) is 0 Å². The number of benzene rings is 2. The van der Waals surface area contributed by atoms with Crippen LogP contribution in [-0.4, -0.2) is 30.5 Å². The van der Waals surface area contributed by atoms with E-state index in [0.29, 0.717) is 17.9 Å². The van der Waals surface area contributed by atoms with E-state index in [1.54, 1.807) is 36.4 Å². The maximum atomic E-state index is 13.2. The van der Waals surface area contributed by atoms with E-state index in [9.17, 15) is 13.9 Å². The number of rotatable bonds is 4. The fraction of sp³-hybridized carbons (Fsp3) is 0.304. The van der Waals surface area contributed by atoms with Crippen molar-refractivity contribution < 1.29 is 13.9 Å². The number of aryl methyl sites for hydroxylation is 1. The van der Waals surface area contributed by atoms with Crippen LogP contribution >= 0.6 is 0 Å². The van der Waals surface area contributed by atoms with Gasteiger partial charge in [0, 0.05) is 23.5 Å². The Balaban J connectivity index is 1.77. The summed E-state index contributed by atoms with van der Waals surface area (Å²) in [7, 11) is -3.62. The molecule has 6 nitrogen and oxygen atoms in total. The molecule has 1 aliphatic heterocycles. The summed E-state index contributed by atoms with van der Waals surface area (Å²) in [5, 5.41) is 9.66. The Kier molecular flexibility index (Phi) is 5.44. The first-order valence-electron chi connectivity index (χ1n) is 10.0.